The van der Waals surface area contributed by atoms with Gasteiger partial charge in [0, 0.05) is 37.3 Å². The number of non-ortho nitro benzene ring substituents is 1. The number of carbonyl (C=O) groups excluding carboxylic acids is 1. The summed E-state index contributed by atoms with van der Waals surface area (Å²) >= 11 is 0. The molecule has 0 saturated carbocycles. The first-order valence-electron chi connectivity index (χ1n) is 15.3. The van der Waals surface area contributed by atoms with Crippen LogP contribution < -0.4 is 20.1 Å². The van der Waals surface area contributed by atoms with E-state index < -0.39 is 4.92 Å². The second kappa shape index (κ2) is 14.1. The summed E-state index contributed by atoms with van der Waals surface area (Å²) in [5.74, 6) is 1.18. The number of nitrogens with one attached hydrogen (secondary N) is 2. The van der Waals surface area contributed by atoms with Crippen LogP contribution in [0.1, 0.15) is 32.7 Å². The number of methoxy groups -OCH3 is 2. The number of fused-ring (bicyclic) bond motifs is 1. The molecule has 1 aliphatic rings. The van der Waals surface area contributed by atoms with Gasteiger partial charge in [-0.15, -0.1) is 5.10 Å². The third kappa shape index (κ3) is 7.39. The van der Waals surface area contributed by atoms with Gasteiger partial charge in [0.2, 0.25) is 0 Å². The summed E-state index contributed by atoms with van der Waals surface area (Å²) in [6.07, 6.45) is 3.80. The van der Waals surface area contributed by atoms with Crippen LogP contribution >= 0.6 is 0 Å². The van der Waals surface area contributed by atoms with Gasteiger partial charge >= 0.3 is 0 Å². The first-order valence-corrected chi connectivity index (χ1v) is 15.3. The van der Waals surface area contributed by atoms with E-state index in [0.29, 0.717) is 23.5 Å². The van der Waals surface area contributed by atoms with E-state index in [1.807, 2.05) is 36.5 Å². The van der Waals surface area contributed by atoms with E-state index in [4.69, 9.17) is 9.47 Å². The summed E-state index contributed by atoms with van der Waals surface area (Å²) in [6.45, 7) is 3.25. The summed E-state index contributed by atoms with van der Waals surface area (Å²) in [5.41, 5.74) is 7.03. The molecule has 4 aromatic carbocycles. The molecule has 1 amide bonds. The Kier molecular flexibility index (Phi) is 9.39. The zero-order valence-electron chi connectivity index (χ0n) is 26.2. The zero-order chi connectivity index (χ0) is 32.8. The number of hydrogen-bond acceptors (Lipinski definition) is 9. The van der Waals surface area contributed by atoms with E-state index >= 15 is 0 Å². The lowest BCUT2D eigenvalue weighted by molar-refractivity contribution is -0.384. The Labute approximate surface area is 272 Å². The number of nitrogens with zero attached hydrogens (tertiary/aromatic N) is 5. The van der Waals surface area contributed by atoms with Crippen molar-refractivity contribution in [3.05, 3.63) is 129 Å². The molecule has 6 rings (SSSR count). The summed E-state index contributed by atoms with van der Waals surface area (Å²) < 4.78 is 12.7. The molecule has 0 unspecified atom stereocenters. The van der Waals surface area contributed by atoms with Gasteiger partial charge in [-0.1, -0.05) is 29.5 Å². The van der Waals surface area contributed by atoms with Crippen LogP contribution in [0.25, 0.3) is 5.69 Å². The van der Waals surface area contributed by atoms with Gasteiger partial charge in [0.15, 0.2) is 11.5 Å². The standard InChI is InChI=1S/C35H35N7O5/c1-46-33-19-26-16-18-40(22-27(26)20-34(33)47-2)17-15-24-7-11-29(12-8-24)41-23-28(38-39-41)21-36-31-5-3-4-6-32(31)37-35(43)25-9-13-30(14-10-25)42(44)45/h3-14,19-20,23,36H,15-18,21-22H2,1-2H3,(H,37,43). The normalized spacial score (nSPS) is 12.6. The van der Waals surface area contributed by atoms with Crippen LogP contribution in [0.2, 0.25) is 0 Å². The van der Waals surface area contributed by atoms with Gasteiger partial charge in [0.1, 0.15) is 5.69 Å². The number of nitro benzene ring substituents is 1. The molecule has 0 fully saturated rings. The van der Waals surface area contributed by atoms with Crippen molar-refractivity contribution in [2.75, 3.05) is 37.9 Å². The number of hydrogen-bond donors (Lipinski definition) is 2. The van der Waals surface area contributed by atoms with E-state index in [-0.39, 0.29) is 11.6 Å². The molecule has 0 radical (unpaired) electrons. The maximum absolute atomic E-state index is 12.8. The van der Waals surface area contributed by atoms with Crippen LogP contribution in [0.3, 0.4) is 0 Å². The average Bonchev–Trinajstić information content (AvgIpc) is 3.59. The van der Waals surface area contributed by atoms with Crippen molar-refractivity contribution < 1.29 is 19.2 Å². The second-order valence-electron chi connectivity index (χ2n) is 11.2. The number of para-hydroxylation sites is 2. The maximum atomic E-state index is 12.8. The molecule has 0 atom stereocenters. The summed E-state index contributed by atoms with van der Waals surface area (Å²) in [5, 5.41) is 25.7. The molecular weight excluding hydrogens is 598 g/mol. The van der Waals surface area contributed by atoms with Crippen LogP contribution in [-0.2, 0) is 25.9 Å². The smallest absolute Gasteiger partial charge is 0.269 e. The fourth-order valence-corrected chi connectivity index (χ4v) is 5.60. The Morgan fingerprint density at radius 3 is 2.34 bits per heavy atom. The van der Waals surface area contributed by atoms with Crippen molar-refractivity contribution in [1.29, 1.82) is 0 Å². The van der Waals surface area contributed by atoms with Crippen LogP contribution in [0.5, 0.6) is 11.5 Å². The molecule has 240 valence electrons. The lowest BCUT2D eigenvalue weighted by Crippen LogP contribution is -2.32. The number of ether oxygens (including phenoxy) is 2. The van der Waals surface area contributed by atoms with E-state index in [1.165, 1.54) is 41.0 Å². The van der Waals surface area contributed by atoms with Gasteiger partial charge in [0.25, 0.3) is 11.6 Å². The van der Waals surface area contributed by atoms with Crippen LogP contribution in [0.4, 0.5) is 17.1 Å². The fraction of sp³-hybridized carbons (Fsp3) is 0.229. The van der Waals surface area contributed by atoms with Crippen molar-refractivity contribution in [3.8, 4) is 17.2 Å². The van der Waals surface area contributed by atoms with Crippen LogP contribution in [0, 0.1) is 10.1 Å². The number of benzene rings is 4. The Morgan fingerprint density at radius 1 is 0.936 bits per heavy atom. The van der Waals surface area contributed by atoms with E-state index in [2.05, 4.69) is 50.1 Å². The predicted octanol–water partition coefficient (Wildman–Crippen LogP) is 5.66. The molecular formula is C35H35N7O5. The molecule has 1 aromatic heterocycles. The highest BCUT2D eigenvalue weighted by Gasteiger charge is 2.19. The largest absolute Gasteiger partial charge is 0.493 e. The molecule has 12 nitrogen and oxygen atoms in total. The van der Waals surface area contributed by atoms with Crippen molar-refractivity contribution >= 4 is 23.0 Å². The molecule has 12 heteroatoms. The van der Waals surface area contributed by atoms with Crippen LogP contribution in [-0.4, -0.2) is 58.0 Å². The maximum Gasteiger partial charge on any atom is 0.269 e. The third-order valence-electron chi connectivity index (χ3n) is 8.23. The van der Waals surface area contributed by atoms with E-state index in [9.17, 15) is 14.9 Å². The molecule has 0 aliphatic carbocycles. The fourth-order valence-electron chi connectivity index (χ4n) is 5.60. The molecule has 2 heterocycles. The first-order chi connectivity index (χ1) is 22.9. The van der Waals surface area contributed by atoms with Crippen molar-refractivity contribution in [1.82, 2.24) is 19.9 Å². The molecule has 0 saturated heterocycles. The van der Waals surface area contributed by atoms with E-state index in [0.717, 1.165) is 55.4 Å². The van der Waals surface area contributed by atoms with E-state index in [1.54, 1.807) is 25.0 Å². The number of rotatable bonds is 12. The molecule has 5 aromatic rings. The Bertz CT molecular complexity index is 1870. The summed E-state index contributed by atoms with van der Waals surface area (Å²) in [6, 6.07) is 25.3. The monoisotopic (exact) mass is 633 g/mol. The molecule has 1 aliphatic heterocycles. The molecule has 0 bridgehead atoms. The lowest BCUT2D eigenvalue weighted by Gasteiger charge is -2.29. The number of aromatic nitrogens is 3. The predicted molar refractivity (Wildman–Crippen MR) is 178 cm³/mol. The van der Waals surface area contributed by atoms with Crippen molar-refractivity contribution in [3.63, 3.8) is 0 Å². The van der Waals surface area contributed by atoms with Gasteiger partial charge in [0.05, 0.1) is 48.9 Å². The minimum Gasteiger partial charge on any atom is -0.493 e. The second-order valence-corrected chi connectivity index (χ2v) is 11.2. The van der Waals surface area contributed by atoms with Gasteiger partial charge in [-0.3, -0.25) is 19.8 Å². The van der Waals surface area contributed by atoms with Crippen LogP contribution in [0.15, 0.2) is 91.1 Å². The number of nitro groups is 1. The molecule has 47 heavy (non-hydrogen) atoms. The highest BCUT2D eigenvalue weighted by Crippen LogP contribution is 2.33. The Hall–Kier alpha value is -5.75. The molecule has 0 spiro atoms. The third-order valence-corrected chi connectivity index (χ3v) is 8.23. The van der Waals surface area contributed by atoms with Gasteiger partial charge in [-0.05, 0) is 78.1 Å². The van der Waals surface area contributed by atoms with Crippen molar-refractivity contribution in [2.45, 2.75) is 25.9 Å². The zero-order valence-corrected chi connectivity index (χ0v) is 26.2. The summed E-state index contributed by atoms with van der Waals surface area (Å²) in [4.78, 5) is 25.7. The first kappa shape index (κ1) is 31.2. The minimum atomic E-state index is -0.500. The number of carbonyl (C=O) groups is 1. The van der Waals surface area contributed by atoms with Crippen molar-refractivity contribution in [2.24, 2.45) is 0 Å². The van der Waals surface area contributed by atoms with Gasteiger partial charge in [-0.2, -0.15) is 0 Å². The van der Waals surface area contributed by atoms with Gasteiger partial charge < -0.3 is 20.1 Å². The SMILES string of the molecule is COc1cc2c(cc1OC)CN(CCc1ccc(-n3cc(CNc4ccccc4NC(=O)c4ccc([N+](=O)[O-])cc4)nn3)cc1)CC2. The Morgan fingerprint density at radius 2 is 1.64 bits per heavy atom. The highest BCUT2D eigenvalue weighted by atomic mass is 16.6. The number of anilines is 2. The topological polar surface area (TPSA) is 137 Å². The lowest BCUT2D eigenvalue weighted by atomic mass is 9.98. The number of amides is 1. The quantitative estimate of drug-likeness (QED) is 0.132. The summed E-state index contributed by atoms with van der Waals surface area (Å²) in [7, 11) is 3.34. The Balaban J connectivity index is 1.02. The highest BCUT2D eigenvalue weighted by molar-refractivity contribution is 6.06. The molecule has 2 N–H and O–H groups in total. The average molecular weight is 634 g/mol. The minimum absolute atomic E-state index is 0.0728. The van der Waals surface area contributed by atoms with Gasteiger partial charge in [-0.25, -0.2) is 4.68 Å².